The van der Waals surface area contributed by atoms with Crippen molar-refractivity contribution in [2.24, 2.45) is 0 Å². The number of benzene rings is 2. The van der Waals surface area contributed by atoms with Gasteiger partial charge < -0.3 is 20.7 Å². The van der Waals surface area contributed by atoms with Crippen molar-refractivity contribution < 1.29 is 13.9 Å². The van der Waals surface area contributed by atoms with Gasteiger partial charge in [0.05, 0.1) is 11.8 Å². The van der Waals surface area contributed by atoms with E-state index in [4.69, 9.17) is 0 Å². The van der Waals surface area contributed by atoms with E-state index in [1.807, 2.05) is 0 Å². The summed E-state index contributed by atoms with van der Waals surface area (Å²) in [7, 11) is 0. The molecule has 7 heteroatoms. The number of aliphatic hydroxyl groups is 1. The summed E-state index contributed by atoms with van der Waals surface area (Å²) in [5.41, 5.74) is 4.52. The number of aliphatic hydroxyl groups excluding tert-OH is 1. The van der Waals surface area contributed by atoms with E-state index >= 15 is 0 Å². The first-order chi connectivity index (χ1) is 16.4. The van der Waals surface area contributed by atoms with Crippen molar-refractivity contribution in [1.82, 2.24) is 15.2 Å². The summed E-state index contributed by atoms with van der Waals surface area (Å²) in [6, 6.07) is 12.8. The van der Waals surface area contributed by atoms with Crippen molar-refractivity contribution in [2.75, 3.05) is 25.0 Å². The zero-order valence-corrected chi connectivity index (χ0v) is 19.5. The molecule has 0 radical (unpaired) electrons. The van der Waals surface area contributed by atoms with Gasteiger partial charge in [-0.3, -0.25) is 4.90 Å². The Labute approximate surface area is 199 Å². The lowest BCUT2D eigenvalue weighted by molar-refractivity contribution is 0.177. The van der Waals surface area contributed by atoms with Gasteiger partial charge in [-0.1, -0.05) is 24.8 Å². The third-order valence-electron chi connectivity index (χ3n) is 6.09. The van der Waals surface area contributed by atoms with Gasteiger partial charge >= 0.3 is 0 Å². The topological polar surface area (TPSA) is 63.3 Å². The van der Waals surface area contributed by atoms with Gasteiger partial charge in [0.15, 0.2) is 0 Å². The summed E-state index contributed by atoms with van der Waals surface area (Å²) in [6.07, 6.45) is 9.72. The first-order valence-corrected chi connectivity index (χ1v) is 11.3. The zero-order valence-electron chi connectivity index (χ0n) is 19.5. The van der Waals surface area contributed by atoms with E-state index in [-0.39, 0.29) is 5.76 Å². The van der Waals surface area contributed by atoms with Gasteiger partial charge in [0.1, 0.15) is 11.6 Å². The summed E-state index contributed by atoms with van der Waals surface area (Å²) >= 11 is 0. The molecule has 3 aromatic rings. The van der Waals surface area contributed by atoms with E-state index in [0.717, 1.165) is 38.7 Å². The number of hydrogen-bond donors (Lipinski definition) is 4. The number of nitrogens with one attached hydrogen (secondary N) is 3. The highest BCUT2D eigenvalue weighted by molar-refractivity contribution is 5.84. The minimum atomic E-state index is -0.546. The number of para-hydroxylation sites is 1. The maximum Gasteiger partial charge on any atom is 0.128 e. The van der Waals surface area contributed by atoms with Crippen LogP contribution in [0.15, 0.2) is 54.8 Å². The van der Waals surface area contributed by atoms with Gasteiger partial charge in [-0.15, -0.1) is 12.8 Å². The first-order valence-electron chi connectivity index (χ1n) is 11.3. The van der Waals surface area contributed by atoms with E-state index in [1.54, 1.807) is 0 Å². The van der Waals surface area contributed by atoms with E-state index in [1.165, 1.54) is 34.3 Å². The molecule has 4 N–H and O–H groups in total. The Morgan fingerprint density at radius 2 is 1.85 bits per heavy atom. The molecule has 0 amide bonds. The third kappa shape index (κ3) is 6.37. The summed E-state index contributed by atoms with van der Waals surface area (Å²) in [5.74, 6) is -0.820. The average molecular weight is 467 g/mol. The number of nitrogens with zero attached hydrogens (tertiary/aromatic N) is 1. The molecule has 0 aliphatic carbocycles. The second-order valence-electron chi connectivity index (χ2n) is 8.63. The number of fused-ring (bicyclic) bond motifs is 3. The maximum atomic E-state index is 12.7. The molecule has 3 heterocycles. The largest absolute Gasteiger partial charge is 0.513 e. The lowest BCUT2D eigenvalue weighted by atomic mass is 9.97. The number of rotatable bonds is 5. The highest BCUT2D eigenvalue weighted by atomic mass is 19.1. The molecule has 0 saturated carbocycles. The van der Waals surface area contributed by atoms with Crippen LogP contribution >= 0.6 is 0 Å². The molecule has 5 nitrogen and oxygen atoms in total. The summed E-state index contributed by atoms with van der Waals surface area (Å²) in [5, 5.41) is 16.7. The first kappa shape index (κ1) is 25.3. The molecule has 34 heavy (non-hydrogen) atoms. The Kier molecular flexibility index (Phi) is 8.69. The Morgan fingerprint density at radius 3 is 2.47 bits per heavy atom. The third-order valence-corrected chi connectivity index (χ3v) is 6.09. The van der Waals surface area contributed by atoms with Gasteiger partial charge in [-0.25, -0.2) is 8.78 Å². The normalized spacial score (nSPS) is 17.4. The van der Waals surface area contributed by atoms with Crippen LogP contribution in [0.2, 0.25) is 0 Å². The van der Waals surface area contributed by atoms with E-state index < -0.39 is 11.6 Å². The van der Waals surface area contributed by atoms with Crippen LogP contribution < -0.4 is 10.6 Å². The molecule has 1 atom stereocenters. The second kappa shape index (κ2) is 11.7. The van der Waals surface area contributed by atoms with Crippen LogP contribution in [0.4, 0.5) is 14.5 Å². The number of terminal acetylenes is 1. The average Bonchev–Trinajstić information content (AvgIpc) is 3.13. The van der Waals surface area contributed by atoms with Crippen LogP contribution in [0.3, 0.4) is 0 Å². The molecule has 2 aromatic carbocycles. The fraction of sp³-hybridized carbons (Fsp3) is 0.333. The van der Waals surface area contributed by atoms with Crippen LogP contribution in [0, 0.1) is 24.5 Å². The number of aromatic nitrogens is 1. The molecule has 1 aromatic heterocycles. The Bertz CT molecular complexity index is 1120. The van der Waals surface area contributed by atoms with Crippen LogP contribution in [-0.4, -0.2) is 46.7 Å². The molecule has 180 valence electrons. The second-order valence-corrected chi connectivity index (χ2v) is 8.63. The van der Waals surface area contributed by atoms with Crippen LogP contribution in [0.5, 0.6) is 0 Å². The minimum absolute atomic E-state index is 0.273. The Balaban J connectivity index is 0.000000189. The predicted molar refractivity (Wildman–Crippen MR) is 135 cm³/mol. The molecule has 5 rings (SSSR count). The van der Waals surface area contributed by atoms with Crippen molar-refractivity contribution in [1.29, 1.82) is 0 Å². The van der Waals surface area contributed by atoms with E-state index in [9.17, 15) is 13.9 Å². The van der Waals surface area contributed by atoms with Crippen molar-refractivity contribution >= 4 is 16.6 Å². The van der Waals surface area contributed by atoms with Crippen molar-refractivity contribution in [3.63, 3.8) is 0 Å². The summed E-state index contributed by atoms with van der Waals surface area (Å²) in [4.78, 5) is 5.93. The maximum absolute atomic E-state index is 12.7. The van der Waals surface area contributed by atoms with E-state index in [0.29, 0.717) is 24.2 Å². The number of aromatic amines is 1. The highest BCUT2D eigenvalue weighted by Crippen LogP contribution is 2.30. The molecule has 2 aliphatic heterocycles. The van der Waals surface area contributed by atoms with Gasteiger partial charge in [0, 0.05) is 67.0 Å². The van der Waals surface area contributed by atoms with Gasteiger partial charge in [0.25, 0.3) is 0 Å². The lowest BCUT2D eigenvalue weighted by Crippen LogP contribution is -2.51. The molecule has 2 aliphatic rings. The molecule has 0 spiro atoms. The van der Waals surface area contributed by atoms with Crippen LogP contribution in [0.25, 0.3) is 10.9 Å². The van der Waals surface area contributed by atoms with Crippen LogP contribution in [0.1, 0.15) is 24.6 Å². The minimum Gasteiger partial charge on any atom is -0.513 e. The number of anilines is 1. The fourth-order valence-electron chi connectivity index (χ4n) is 4.24. The van der Waals surface area contributed by atoms with Crippen molar-refractivity contribution in [3.8, 4) is 12.8 Å². The highest BCUT2D eigenvalue weighted by Gasteiger charge is 2.25. The van der Waals surface area contributed by atoms with Gasteiger partial charge in [0.2, 0.25) is 0 Å². The summed E-state index contributed by atoms with van der Waals surface area (Å²) in [6.45, 7) is 9.31. The SMILES string of the molecule is C#C.C=C(O)CCN1Cc2[nH]c3ccccc3c2C[C@H]1C.Fc1cc(F)cc(NC2CNC2)c1. The molecule has 1 saturated heterocycles. The van der Waals surface area contributed by atoms with Crippen molar-refractivity contribution in [2.45, 2.75) is 38.4 Å². The van der Waals surface area contributed by atoms with Crippen molar-refractivity contribution in [3.05, 3.63) is 77.7 Å². The smallest absolute Gasteiger partial charge is 0.128 e. The molecule has 1 fully saturated rings. The molecular formula is C27H32F2N4O. The van der Waals surface area contributed by atoms with Gasteiger partial charge in [-0.05, 0) is 37.1 Å². The van der Waals surface area contributed by atoms with E-state index in [2.05, 4.69) is 71.1 Å². The Hall–Kier alpha value is -3.34. The fourth-order valence-corrected chi connectivity index (χ4v) is 4.24. The molecule has 0 unspecified atom stereocenters. The predicted octanol–water partition coefficient (Wildman–Crippen LogP) is 4.97. The number of halogens is 2. The molecule has 0 bridgehead atoms. The monoisotopic (exact) mass is 466 g/mol. The molecular weight excluding hydrogens is 434 g/mol. The Morgan fingerprint density at radius 1 is 1.18 bits per heavy atom. The van der Waals surface area contributed by atoms with Gasteiger partial charge in [-0.2, -0.15) is 0 Å². The summed E-state index contributed by atoms with van der Waals surface area (Å²) < 4.78 is 25.4. The quantitative estimate of drug-likeness (QED) is 0.317. The van der Waals surface area contributed by atoms with Crippen LogP contribution in [-0.2, 0) is 13.0 Å². The lowest BCUT2D eigenvalue weighted by Gasteiger charge is -2.33. The number of hydrogen-bond acceptors (Lipinski definition) is 4. The number of H-pyrrole nitrogens is 1. The standard InChI is InChI=1S/C16H20N2O.C9H10F2N2.C2H2/c1-11-9-14-13-5-3-4-6-15(13)17-16(14)10-18(11)8-7-12(2)19;10-6-1-7(11)3-8(2-6)13-9-4-12-5-9;1-2/h3-6,11,17,19H,2,7-10H2,1H3;1-3,9,12-13H,4-5H2;1-2H/t11-;;/m1../s1. The zero-order chi connectivity index (χ0) is 24.7.